The minimum absolute atomic E-state index is 0.0911. The Morgan fingerprint density at radius 1 is 1.08 bits per heavy atom. The first-order valence-electron chi connectivity index (χ1n) is 12.8. The first kappa shape index (κ1) is 22.7. The summed E-state index contributed by atoms with van der Waals surface area (Å²) in [7, 11) is 0. The average molecular weight is 484 g/mol. The number of anilines is 1. The Bertz CT molecular complexity index is 1460. The highest BCUT2D eigenvalue weighted by Crippen LogP contribution is 2.42. The number of rotatable bonds is 4. The highest BCUT2D eigenvalue weighted by atomic mass is 19.1. The van der Waals surface area contributed by atoms with Gasteiger partial charge in [-0.3, -0.25) is 9.48 Å². The van der Waals surface area contributed by atoms with Crippen LogP contribution in [0.5, 0.6) is 0 Å². The second-order valence-electron chi connectivity index (χ2n) is 9.97. The Kier molecular flexibility index (Phi) is 5.70. The summed E-state index contributed by atoms with van der Waals surface area (Å²) in [4.78, 5) is 19.3. The largest absolute Gasteiger partial charge is 0.366 e. The zero-order chi connectivity index (χ0) is 24.8. The van der Waals surface area contributed by atoms with E-state index in [4.69, 9.17) is 15.8 Å². The molecule has 1 amide bonds. The van der Waals surface area contributed by atoms with Gasteiger partial charge in [0.2, 0.25) is 5.91 Å². The average Bonchev–Trinajstić information content (AvgIpc) is 3.29. The number of aromatic nitrogens is 3. The number of carbonyl (C=O) groups is 1. The molecule has 2 atom stereocenters. The second kappa shape index (κ2) is 9.04. The number of nitrogens with zero attached hydrogens (tertiary/aromatic N) is 4. The van der Waals surface area contributed by atoms with Gasteiger partial charge in [0.15, 0.2) is 0 Å². The van der Waals surface area contributed by atoms with Gasteiger partial charge in [0, 0.05) is 47.1 Å². The fourth-order valence-corrected chi connectivity index (χ4v) is 6.03. The number of primary amides is 1. The summed E-state index contributed by atoms with van der Waals surface area (Å²) >= 11 is 0. The maximum absolute atomic E-state index is 15.4. The van der Waals surface area contributed by atoms with Crippen molar-refractivity contribution in [1.82, 2.24) is 14.8 Å². The number of nitrogens with two attached hydrogens (primary N) is 1. The molecule has 7 heteroatoms. The number of fused-ring (bicyclic) bond motifs is 2. The monoisotopic (exact) mass is 483 g/mol. The lowest BCUT2D eigenvalue weighted by Gasteiger charge is -2.35. The minimum Gasteiger partial charge on any atom is -0.366 e. The van der Waals surface area contributed by atoms with E-state index in [1.54, 1.807) is 12.1 Å². The van der Waals surface area contributed by atoms with E-state index in [1.807, 2.05) is 18.3 Å². The summed E-state index contributed by atoms with van der Waals surface area (Å²) in [5.74, 6) is 0.473. The molecule has 0 saturated carbocycles. The van der Waals surface area contributed by atoms with E-state index < -0.39 is 12.1 Å². The molecule has 2 aliphatic rings. The third kappa shape index (κ3) is 3.74. The molecule has 0 radical (unpaired) electrons. The second-order valence-corrected chi connectivity index (χ2v) is 9.97. The third-order valence-electron chi connectivity index (χ3n) is 7.70. The van der Waals surface area contributed by atoms with Crippen molar-refractivity contribution in [2.45, 2.75) is 51.2 Å². The quantitative estimate of drug-likeness (QED) is 0.404. The molecule has 36 heavy (non-hydrogen) atoms. The Balaban J connectivity index is 1.43. The standard InChI is InChI=1S/C29H30FN5O/c1-18-7-4-8-19-14-15-32-29(25(18)19)34-16-6-9-20(17-34)35-24-13-5-12-23(30)26(24)27(33-35)21-10-2-3-11-22(21)28(31)36/h2-4,7-8,10-11,14-15,20,23H,5-6,9,12-13,16-17H2,1H3,(H2,31,36)/t20-,23-/m1/s1. The molecule has 3 heterocycles. The molecule has 4 aromatic rings. The predicted octanol–water partition coefficient (Wildman–Crippen LogP) is 5.69. The van der Waals surface area contributed by atoms with Crippen molar-refractivity contribution >= 4 is 22.5 Å². The van der Waals surface area contributed by atoms with Gasteiger partial charge in [-0.2, -0.15) is 5.10 Å². The highest BCUT2D eigenvalue weighted by molar-refractivity contribution is 5.99. The number of aryl methyl sites for hydroxylation is 1. The van der Waals surface area contributed by atoms with Crippen LogP contribution in [0.1, 0.15) is 65.1 Å². The normalized spacial score (nSPS) is 19.9. The lowest BCUT2D eigenvalue weighted by atomic mass is 9.90. The Morgan fingerprint density at radius 2 is 1.94 bits per heavy atom. The van der Waals surface area contributed by atoms with Gasteiger partial charge in [0.25, 0.3) is 0 Å². The number of piperidine rings is 1. The van der Waals surface area contributed by atoms with Gasteiger partial charge in [-0.05, 0) is 62.1 Å². The smallest absolute Gasteiger partial charge is 0.249 e. The molecule has 1 aliphatic carbocycles. The molecular weight excluding hydrogens is 453 g/mol. The fourth-order valence-electron chi connectivity index (χ4n) is 6.03. The zero-order valence-corrected chi connectivity index (χ0v) is 20.5. The van der Waals surface area contributed by atoms with Crippen LogP contribution in [-0.2, 0) is 6.42 Å². The van der Waals surface area contributed by atoms with E-state index in [-0.39, 0.29) is 6.04 Å². The van der Waals surface area contributed by atoms with Crippen molar-refractivity contribution in [2.75, 3.05) is 18.0 Å². The van der Waals surface area contributed by atoms with E-state index in [9.17, 15) is 4.79 Å². The highest BCUT2D eigenvalue weighted by Gasteiger charge is 2.34. The molecule has 2 N–H and O–H groups in total. The lowest BCUT2D eigenvalue weighted by Crippen LogP contribution is -2.38. The van der Waals surface area contributed by atoms with Gasteiger partial charge in [-0.1, -0.05) is 36.4 Å². The number of carbonyl (C=O) groups excluding carboxylic acids is 1. The van der Waals surface area contributed by atoms with Crippen LogP contribution in [-0.4, -0.2) is 33.8 Å². The molecular formula is C29H30FN5O. The van der Waals surface area contributed by atoms with Crippen LogP contribution in [0.25, 0.3) is 22.0 Å². The third-order valence-corrected chi connectivity index (χ3v) is 7.70. The van der Waals surface area contributed by atoms with E-state index in [0.29, 0.717) is 28.8 Å². The maximum Gasteiger partial charge on any atom is 0.249 e. The molecule has 0 unspecified atom stereocenters. The van der Waals surface area contributed by atoms with Gasteiger partial charge < -0.3 is 10.6 Å². The number of halogens is 1. The molecule has 0 spiro atoms. The molecule has 6 nitrogen and oxygen atoms in total. The number of pyridine rings is 1. The van der Waals surface area contributed by atoms with Crippen molar-refractivity contribution < 1.29 is 9.18 Å². The number of benzene rings is 2. The van der Waals surface area contributed by atoms with Crippen LogP contribution < -0.4 is 10.6 Å². The molecule has 184 valence electrons. The molecule has 1 aliphatic heterocycles. The summed E-state index contributed by atoms with van der Waals surface area (Å²) in [6.07, 6.45) is 4.78. The number of alkyl halides is 1. The number of hydrogen-bond acceptors (Lipinski definition) is 4. The van der Waals surface area contributed by atoms with Gasteiger partial charge in [0.1, 0.15) is 12.0 Å². The summed E-state index contributed by atoms with van der Waals surface area (Å²) in [5, 5.41) is 7.38. The minimum atomic E-state index is -1.10. The first-order chi connectivity index (χ1) is 17.5. The molecule has 1 fully saturated rings. The topological polar surface area (TPSA) is 77.0 Å². The first-order valence-corrected chi connectivity index (χ1v) is 12.8. The van der Waals surface area contributed by atoms with Crippen molar-refractivity contribution in [3.8, 4) is 11.3 Å². The lowest BCUT2D eigenvalue weighted by molar-refractivity contribution is 0.100. The molecule has 2 aromatic heterocycles. The van der Waals surface area contributed by atoms with Gasteiger partial charge >= 0.3 is 0 Å². The van der Waals surface area contributed by atoms with E-state index in [0.717, 1.165) is 50.3 Å². The molecule has 2 aromatic carbocycles. The van der Waals surface area contributed by atoms with Crippen LogP contribution in [0.2, 0.25) is 0 Å². The van der Waals surface area contributed by atoms with Gasteiger partial charge in [-0.15, -0.1) is 0 Å². The van der Waals surface area contributed by atoms with Crippen molar-refractivity contribution in [3.05, 3.63) is 77.1 Å². The zero-order valence-electron chi connectivity index (χ0n) is 20.5. The SMILES string of the molecule is Cc1cccc2ccnc(N3CCC[C@@H](n4nc(-c5ccccc5C(N)=O)c5c4CCC[C@H]5F)C3)c12. The summed E-state index contributed by atoms with van der Waals surface area (Å²) in [6.45, 7) is 3.80. The van der Waals surface area contributed by atoms with Gasteiger partial charge in [-0.25, -0.2) is 9.37 Å². The van der Waals surface area contributed by atoms with Crippen molar-refractivity contribution in [3.63, 3.8) is 0 Å². The van der Waals surface area contributed by atoms with Gasteiger partial charge in [0.05, 0.1) is 11.7 Å². The summed E-state index contributed by atoms with van der Waals surface area (Å²) in [6, 6.07) is 15.6. The predicted molar refractivity (Wildman–Crippen MR) is 140 cm³/mol. The van der Waals surface area contributed by atoms with E-state index in [2.05, 4.69) is 40.8 Å². The van der Waals surface area contributed by atoms with Crippen LogP contribution in [0, 0.1) is 6.92 Å². The van der Waals surface area contributed by atoms with E-state index in [1.165, 1.54) is 16.3 Å². The Labute approximate surface area is 209 Å². The summed E-state index contributed by atoms with van der Waals surface area (Å²) < 4.78 is 17.5. The van der Waals surface area contributed by atoms with Crippen molar-refractivity contribution in [2.24, 2.45) is 5.73 Å². The molecule has 1 saturated heterocycles. The molecule has 0 bridgehead atoms. The number of hydrogen-bond donors (Lipinski definition) is 1. The maximum atomic E-state index is 15.4. The van der Waals surface area contributed by atoms with Crippen molar-refractivity contribution in [1.29, 1.82) is 0 Å². The van der Waals surface area contributed by atoms with Crippen LogP contribution in [0.15, 0.2) is 54.7 Å². The Hall–Kier alpha value is -3.74. The molecule has 6 rings (SSSR count). The van der Waals surface area contributed by atoms with Crippen LogP contribution in [0.3, 0.4) is 0 Å². The summed E-state index contributed by atoms with van der Waals surface area (Å²) in [5.41, 5.74) is 10.0. The van der Waals surface area contributed by atoms with Crippen LogP contribution in [0.4, 0.5) is 10.2 Å². The van der Waals surface area contributed by atoms with E-state index >= 15 is 4.39 Å². The number of amides is 1. The Morgan fingerprint density at radius 3 is 2.81 bits per heavy atom. The fraction of sp³-hybridized carbons (Fsp3) is 0.345. The van der Waals surface area contributed by atoms with Crippen LogP contribution >= 0.6 is 0 Å².